The lowest BCUT2D eigenvalue weighted by molar-refractivity contribution is -0.148. The van der Waals surface area contributed by atoms with Gasteiger partial charge in [0.2, 0.25) is 0 Å². The Balaban J connectivity index is 1.49. The fraction of sp³-hybridized carbons (Fsp3) is 0.222. The highest BCUT2D eigenvalue weighted by Crippen LogP contribution is 2.44. The van der Waals surface area contributed by atoms with Crippen molar-refractivity contribution in [3.8, 4) is 0 Å². The number of aryl methyl sites for hydroxylation is 2. The number of aromatic nitrogens is 2. The predicted octanol–water partition coefficient (Wildman–Crippen LogP) is 4.75. The van der Waals surface area contributed by atoms with Crippen LogP contribution in [0.4, 0.5) is 0 Å². The fourth-order valence-corrected chi connectivity index (χ4v) is 7.10. The van der Waals surface area contributed by atoms with Gasteiger partial charge in [0, 0.05) is 24.8 Å². The zero-order valence-corrected chi connectivity index (χ0v) is 26.4. The number of benzene rings is 4. The highest BCUT2D eigenvalue weighted by molar-refractivity contribution is 7.86. The second kappa shape index (κ2) is 13.0. The van der Waals surface area contributed by atoms with Crippen molar-refractivity contribution in [1.82, 2.24) is 14.5 Å². The van der Waals surface area contributed by atoms with E-state index in [0.29, 0.717) is 5.56 Å². The van der Waals surface area contributed by atoms with Gasteiger partial charge in [0.05, 0.1) is 23.1 Å². The first kappa shape index (κ1) is 31.4. The van der Waals surface area contributed by atoms with E-state index in [1.165, 1.54) is 22.9 Å². The summed E-state index contributed by atoms with van der Waals surface area (Å²) in [4.78, 5) is 30.1. The van der Waals surface area contributed by atoms with Gasteiger partial charge in [0.15, 0.2) is 6.23 Å². The minimum absolute atomic E-state index is 0.0435. The standard InChI is InChI=1S/C36H35N3O6S/c1-26-18-20-32(21-19-26)46(42,43)44-25-31-23-38(24-33(45-31)39-22-27(2)34(40)37-35(39)41)36(28-12-6-3-7-13-28,29-14-8-4-9-15-29)30-16-10-5-11-17-30/h3-22,31,33H,23-25H2,1-2H3,(H,37,40,41). The fourth-order valence-electron chi connectivity index (χ4n) is 6.16. The molecule has 1 aliphatic heterocycles. The third-order valence-electron chi connectivity index (χ3n) is 8.37. The van der Waals surface area contributed by atoms with E-state index in [9.17, 15) is 18.0 Å². The van der Waals surface area contributed by atoms with E-state index in [1.807, 2.05) is 61.5 Å². The Bertz CT molecular complexity index is 1920. The quantitative estimate of drug-likeness (QED) is 0.184. The van der Waals surface area contributed by atoms with Gasteiger partial charge in [-0.2, -0.15) is 8.42 Å². The van der Waals surface area contributed by atoms with Crippen LogP contribution in [0.5, 0.6) is 0 Å². The number of morpholine rings is 1. The molecule has 236 valence electrons. The number of nitrogens with one attached hydrogen (secondary N) is 1. The number of aromatic amines is 1. The zero-order chi connectivity index (χ0) is 32.3. The summed E-state index contributed by atoms with van der Waals surface area (Å²) in [6.45, 7) is 3.68. The first-order valence-corrected chi connectivity index (χ1v) is 16.4. The van der Waals surface area contributed by atoms with Crippen molar-refractivity contribution in [3.63, 3.8) is 0 Å². The molecule has 1 N–H and O–H groups in total. The van der Waals surface area contributed by atoms with Crippen LogP contribution in [-0.2, 0) is 24.6 Å². The molecule has 1 saturated heterocycles. The molecule has 1 aromatic heterocycles. The van der Waals surface area contributed by atoms with Crippen LogP contribution in [0.2, 0.25) is 0 Å². The molecule has 46 heavy (non-hydrogen) atoms. The monoisotopic (exact) mass is 637 g/mol. The van der Waals surface area contributed by atoms with E-state index in [4.69, 9.17) is 8.92 Å². The summed E-state index contributed by atoms with van der Waals surface area (Å²) >= 11 is 0. The summed E-state index contributed by atoms with van der Waals surface area (Å²) in [5.41, 5.74) is 2.22. The van der Waals surface area contributed by atoms with Gasteiger partial charge < -0.3 is 4.74 Å². The molecule has 0 aliphatic carbocycles. The van der Waals surface area contributed by atoms with Crippen molar-refractivity contribution in [3.05, 3.63) is 170 Å². The molecule has 5 aromatic rings. The number of H-pyrrole nitrogens is 1. The molecule has 1 aliphatic rings. The molecule has 1 fully saturated rings. The second-order valence-electron chi connectivity index (χ2n) is 11.5. The van der Waals surface area contributed by atoms with Crippen LogP contribution >= 0.6 is 0 Å². The number of ether oxygens (including phenoxy) is 1. The van der Waals surface area contributed by atoms with Gasteiger partial charge >= 0.3 is 5.69 Å². The molecule has 9 nitrogen and oxygen atoms in total. The molecule has 0 saturated carbocycles. The Kier molecular flexibility index (Phi) is 8.88. The third kappa shape index (κ3) is 6.12. The van der Waals surface area contributed by atoms with Crippen molar-refractivity contribution >= 4 is 10.1 Å². The van der Waals surface area contributed by atoms with E-state index in [-0.39, 0.29) is 24.6 Å². The molecule has 6 rings (SSSR count). The molecule has 10 heteroatoms. The first-order chi connectivity index (χ1) is 22.2. The van der Waals surface area contributed by atoms with E-state index < -0.39 is 39.2 Å². The Morgan fingerprint density at radius 3 is 1.83 bits per heavy atom. The van der Waals surface area contributed by atoms with E-state index in [0.717, 1.165) is 22.3 Å². The lowest BCUT2D eigenvalue weighted by Crippen LogP contribution is -2.58. The lowest BCUT2D eigenvalue weighted by atomic mass is 9.75. The molecule has 2 heterocycles. The lowest BCUT2D eigenvalue weighted by Gasteiger charge is -2.50. The van der Waals surface area contributed by atoms with Crippen molar-refractivity contribution in [2.24, 2.45) is 0 Å². The minimum atomic E-state index is -4.10. The zero-order valence-electron chi connectivity index (χ0n) is 25.6. The molecular formula is C36H35N3O6S. The average molecular weight is 638 g/mol. The number of rotatable bonds is 9. The summed E-state index contributed by atoms with van der Waals surface area (Å²) in [6.07, 6.45) is -0.192. The van der Waals surface area contributed by atoms with Gasteiger partial charge in [-0.3, -0.25) is 23.4 Å². The van der Waals surface area contributed by atoms with Crippen molar-refractivity contribution < 1.29 is 17.3 Å². The second-order valence-corrected chi connectivity index (χ2v) is 13.1. The maximum absolute atomic E-state index is 13.2. The van der Waals surface area contributed by atoms with Crippen LogP contribution in [0.3, 0.4) is 0 Å². The van der Waals surface area contributed by atoms with Crippen molar-refractivity contribution in [2.75, 3.05) is 19.7 Å². The maximum atomic E-state index is 13.2. The molecular weight excluding hydrogens is 602 g/mol. The summed E-state index contributed by atoms with van der Waals surface area (Å²) < 4.78 is 39.9. The Morgan fingerprint density at radius 2 is 1.30 bits per heavy atom. The summed E-state index contributed by atoms with van der Waals surface area (Å²) in [5, 5.41) is 0. The number of hydrogen-bond donors (Lipinski definition) is 1. The van der Waals surface area contributed by atoms with Gasteiger partial charge in [-0.25, -0.2) is 4.79 Å². The highest BCUT2D eigenvalue weighted by Gasteiger charge is 2.46. The van der Waals surface area contributed by atoms with E-state index >= 15 is 0 Å². The topological polar surface area (TPSA) is 111 Å². The number of nitrogens with zero attached hydrogens (tertiary/aromatic N) is 2. The van der Waals surface area contributed by atoms with E-state index in [2.05, 4.69) is 46.3 Å². The highest BCUT2D eigenvalue weighted by atomic mass is 32.2. The molecule has 0 amide bonds. The predicted molar refractivity (Wildman–Crippen MR) is 175 cm³/mol. The summed E-state index contributed by atoms with van der Waals surface area (Å²) in [6, 6.07) is 36.6. The number of hydrogen-bond acceptors (Lipinski definition) is 7. The first-order valence-electron chi connectivity index (χ1n) is 15.0. The molecule has 2 atom stereocenters. The molecule has 0 radical (unpaired) electrons. The van der Waals surface area contributed by atoms with Crippen LogP contribution in [0.1, 0.15) is 34.0 Å². The van der Waals surface area contributed by atoms with Gasteiger partial charge in [0.1, 0.15) is 0 Å². The molecule has 0 bridgehead atoms. The molecule has 4 aromatic carbocycles. The Hall–Kier alpha value is -4.61. The maximum Gasteiger partial charge on any atom is 0.330 e. The third-order valence-corrected chi connectivity index (χ3v) is 9.67. The SMILES string of the molecule is Cc1ccc(S(=O)(=O)OCC2CN(C(c3ccccc3)(c3ccccc3)c3ccccc3)CC(n3cc(C)c(=O)[nH]c3=O)O2)cc1. The molecule has 0 spiro atoms. The van der Waals surface area contributed by atoms with E-state index in [1.54, 1.807) is 19.1 Å². The van der Waals surface area contributed by atoms with Crippen LogP contribution in [0.15, 0.2) is 136 Å². The largest absolute Gasteiger partial charge is 0.349 e. The molecule has 2 unspecified atom stereocenters. The minimum Gasteiger partial charge on any atom is -0.349 e. The Labute approximate surface area is 267 Å². The smallest absolute Gasteiger partial charge is 0.330 e. The summed E-state index contributed by atoms with van der Waals surface area (Å²) in [7, 11) is -4.10. The van der Waals surface area contributed by atoms with Crippen molar-refractivity contribution in [1.29, 1.82) is 0 Å². The normalized spacial score (nSPS) is 17.5. The average Bonchev–Trinajstić information content (AvgIpc) is 3.07. The van der Waals surface area contributed by atoms with Gasteiger partial charge in [-0.1, -0.05) is 109 Å². The van der Waals surface area contributed by atoms with Gasteiger partial charge in [-0.15, -0.1) is 0 Å². The van der Waals surface area contributed by atoms with Crippen LogP contribution in [-0.4, -0.2) is 48.7 Å². The van der Waals surface area contributed by atoms with Crippen molar-refractivity contribution in [2.45, 2.75) is 36.6 Å². The summed E-state index contributed by atoms with van der Waals surface area (Å²) in [5.74, 6) is 0. The van der Waals surface area contributed by atoms with Crippen LogP contribution in [0, 0.1) is 13.8 Å². The van der Waals surface area contributed by atoms with Crippen LogP contribution in [0.25, 0.3) is 0 Å². The van der Waals surface area contributed by atoms with Gasteiger partial charge in [0.25, 0.3) is 15.7 Å². The Morgan fingerprint density at radius 1 is 0.783 bits per heavy atom. The van der Waals surface area contributed by atoms with Gasteiger partial charge in [-0.05, 0) is 42.7 Å². The van der Waals surface area contributed by atoms with Crippen LogP contribution < -0.4 is 11.2 Å².